The highest BCUT2D eigenvalue weighted by Gasteiger charge is 2.15. The average Bonchev–Trinajstić information content (AvgIpc) is 3.27. The SMILES string of the molecule is CNc1cc(-n2cc(-c3ccc([N+](=O)[O-])cc3)c3ccc(-c4ccc(OC)cc4)cc32)ncn1. The molecule has 8 heteroatoms. The van der Waals surface area contributed by atoms with Crippen LogP contribution < -0.4 is 10.1 Å². The summed E-state index contributed by atoms with van der Waals surface area (Å²) in [5.74, 6) is 2.22. The maximum absolute atomic E-state index is 11.1. The van der Waals surface area contributed by atoms with Crippen molar-refractivity contribution in [3.05, 3.63) is 95.4 Å². The normalized spacial score (nSPS) is 10.9. The molecule has 0 spiro atoms. The number of hydrogen-bond donors (Lipinski definition) is 1. The number of nitro benzene ring substituents is 1. The number of rotatable bonds is 6. The van der Waals surface area contributed by atoms with E-state index < -0.39 is 4.92 Å². The van der Waals surface area contributed by atoms with Crippen molar-refractivity contribution in [3.63, 3.8) is 0 Å². The Labute approximate surface area is 195 Å². The minimum Gasteiger partial charge on any atom is -0.497 e. The van der Waals surface area contributed by atoms with Crippen LogP contribution in [0.4, 0.5) is 11.5 Å². The van der Waals surface area contributed by atoms with Gasteiger partial charge in [0.15, 0.2) is 0 Å². The van der Waals surface area contributed by atoms with Crippen LogP contribution in [0.1, 0.15) is 0 Å². The number of nitro groups is 1. The number of non-ortho nitro benzene ring substituents is 1. The Bertz CT molecular complexity index is 1490. The number of ether oxygens (including phenoxy) is 1. The molecule has 34 heavy (non-hydrogen) atoms. The van der Waals surface area contributed by atoms with Crippen LogP contribution in [0.25, 0.3) is 39.0 Å². The molecule has 2 heterocycles. The van der Waals surface area contributed by atoms with Crippen LogP contribution in [-0.4, -0.2) is 33.6 Å². The highest BCUT2D eigenvalue weighted by atomic mass is 16.6. The summed E-state index contributed by atoms with van der Waals surface area (Å²) in [5.41, 5.74) is 4.97. The molecule has 5 aromatic rings. The highest BCUT2D eigenvalue weighted by Crippen LogP contribution is 2.36. The fourth-order valence-electron chi connectivity index (χ4n) is 3.99. The van der Waals surface area contributed by atoms with Gasteiger partial charge < -0.3 is 14.6 Å². The fraction of sp³-hybridized carbons (Fsp3) is 0.0769. The largest absolute Gasteiger partial charge is 0.497 e. The maximum Gasteiger partial charge on any atom is 0.269 e. The zero-order valence-electron chi connectivity index (χ0n) is 18.6. The molecule has 0 aliphatic heterocycles. The van der Waals surface area contributed by atoms with E-state index in [0.717, 1.165) is 38.9 Å². The van der Waals surface area contributed by atoms with Crippen LogP contribution in [0, 0.1) is 10.1 Å². The summed E-state index contributed by atoms with van der Waals surface area (Å²) < 4.78 is 7.30. The predicted octanol–water partition coefficient (Wildman–Crippen LogP) is 5.71. The maximum atomic E-state index is 11.1. The molecule has 0 fully saturated rings. The van der Waals surface area contributed by atoms with E-state index in [1.165, 1.54) is 18.5 Å². The van der Waals surface area contributed by atoms with Gasteiger partial charge in [0.05, 0.1) is 17.5 Å². The number of methoxy groups -OCH3 is 1. The van der Waals surface area contributed by atoms with Crippen LogP contribution in [0.5, 0.6) is 5.75 Å². The Hall–Kier alpha value is -4.72. The highest BCUT2D eigenvalue weighted by molar-refractivity contribution is 5.99. The van der Waals surface area contributed by atoms with Gasteiger partial charge in [-0.1, -0.05) is 24.3 Å². The minimum atomic E-state index is -0.394. The monoisotopic (exact) mass is 451 g/mol. The molecule has 1 N–H and O–H groups in total. The van der Waals surface area contributed by atoms with Crippen LogP contribution >= 0.6 is 0 Å². The first-order valence-electron chi connectivity index (χ1n) is 10.6. The zero-order valence-corrected chi connectivity index (χ0v) is 18.6. The number of fused-ring (bicyclic) bond motifs is 1. The third-order valence-corrected chi connectivity index (χ3v) is 5.77. The average molecular weight is 451 g/mol. The van der Waals surface area contributed by atoms with Crippen molar-refractivity contribution in [2.24, 2.45) is 0 Å². The Kier molecular flexibility index (Phi) is 5.39. The minimum absolute atomic E-state index is 0.0590. The molecule has 0 unspecified atom stereocenters. The van der Waals surface area contributed by atoms with Crippen molar-refractivity contribution in [1.82, 2.24) is 14.5 Å². The number of nitrogens with one attached hydrogen (secondary N) is 1. The van der Waals surface area contributed by atoms with Gasteiger partial charge >= 0.3 is 0 Å². The lowest BCUT2D eigenvalue weighted by Gasteiger charge is -2.08. The summed E-state index contributed by atoms with van der Waals surface area (Å²) in [6.07, 6.45) is 3.53. The second-order valence-corrected chi connectivity index (χ2v) is 7.69. The molecule has 3 aromatic carbocycles. The number of benzene rings is 3. The second-order valence-electron chi connectivity index (χ2n) is 7.69. The van der Waals surface area contributed by atoms with E-state index in [9.17, 15) is 10.1 Å². The zero-order chi connectivity index (χ0) is 23.7. The van der Waals surface area contributed by atoms with Gasteiger partial charge in [0, 0.05) is 42.4 Å². The van der Waals surface area contributed by atoms with E-state index in [2.05, 4.69) is 33.5 Å². The van der Waals surface area contributed by atoms with E-state index >= 15 is 0 Å². The lowest BCUT2D eigenvalue weighted by atomic mass is 10.0. The summed E-state index contributed by atoms with van der Waals surface area (Å²) >= 11 is 0. The summed E-state index contributed by atoms with van der Waals surface area (Å²) in [6.45, 7) is 0. The first-order chi connectivity index (χ1) is 16.6. The van der Waals surface area contributed by atoms with Crippen LogP contribution in [-0.2, 0) is 0 Å². The molecule has 0 atom stereocenters. The first kappa shape index (κ1) is 21.1. The van der Waals surface area contributed by atoms with E-state index in [0.29, 0.717) is 11.6 Å². The molecule has 168 valence electrons. The summed E-state index contributed by atoms with van der Waals surface area (Å²) in [7, 11) is 3.46. The Morgan fingerprint density at radius 1 is 0.912 bits per heavy atom. The molecule has 8 nitrogen and oxygen atoms in total. The van der Waals surface area contributed by atoms with E-state index in [1.54, 1.807) is 19.2 Å². The fourth-order valence-corrected chi connectivity index (χ4v) is 3.99. The lowest BCUT2D eigenvalue weighted by molar-refractivity contribution is -0.384. The molecule has 0 amide bonds. The van der Waals surface area contributed by atoms with Gasteiger partial charge in [-0.3, -0.25) is 10.1 Å². The molecule has 5 rings (SSSR count). The van der Waals surface area contributed by atoms with Crippen LogP contribution in [0.2, 0.25) is 0 Å². The molecule has 0 aliphatic rings. The van der Waals surface area contributed by atoms with Crippen molar-refractivity contribution >= 4 is 22.4 Å². The Balaban J connectivity index is 1.70. The molecular formula is C26H21N5O3. The molecular weight excluding hydrogens is 430 g/mol. The Morgan fingerprint density at radius 2 is 1.62 bits per heavy atom. The first-order valence-corrected chi connectivity index (χ1v) is 10.6. The van der Waals surface area contributed by atoms with Crippen molar-refractivity contribution < 1.29 is 9.66 Å². The molecule has 0 saturated carbocycles. The topological polar surface area (TPSA) is 95.1 Å². The van der Waals surface area contributed by atoms with E-state index in [1.807, 2.05) is 48.1 Å². The number of aromatic nitrogens is 3. The molecule has 0 radical (unpaired) electrons. The molecule has 0 aliphatic carbocycles. The van der Waals surface area contributed by atoms with Gasteiger partial charge in [0.2, 0.25) is 0 Å². The second kappa shape index (κ2) is 8.67. The number of nitrogens with zero attached hydrogens (tertiary/aromatic N) is 4. The van der Waals surface area contributed by atoms with Crippen molar-refractivity contribution in [3.8, 4) is 33.8 Å². The number of hydrogen-bond acceptors (Lipinski definition) is 6. The van der Waals surface area contributed by atoms with Gasteiger partial charge in [0.25, 0.3) is 5.69 Å². The summed E-state index contributed by atoms with van der Waals surface area (Å²) in [6, 6.07) is 22.6. The third kappa shape index (κ3) is 3.81. The predicted molar refractivity (Wildman–Crippen MR) is 132 cm³/mol. The van der Waals surface area contributed by atoms with E-state index in [-0.39, 0.29) is 5.69 Å². The van der Waals surface area contributed by atoms with Gasteiger partial charge in [-0.25, -0.2) is 9.97 Å². The smallest absolute Gasteiger partial charge is 0.269 e. The summed E-state index contributed by atoms with van der Waals surface area (Å²) in [5, 5.41) is 15.2. The number of anilines is 1. The summed E-state index contributed by atoms with van der Waals surface area (Å²) in [4.78, 5) is 19.4. The third-order valence-electron chi connectivity index (χ3n) is 5.77. The lowest BCUT2D eigenvalue weighted by Crippen LogP contribution is -2.00. The molecule has 2 aromatic heterocycles. The standard InChI is InChI=1S/C26H21N5O3/c1-27-25-14-26(29-16-28-25)30-15-23(18-3-8-20(9-4-18)31(32)33)22-12-7-19(13-24(22)30)17-5-10-21(34-2)11-6-17/h3-16H,1-2H3,(H,27,28,29). The van der Waals surface area contributed by atoms with Crippen LogP contribution in [0.3, 0.4) is 0 Å². The van der Waals surface area contributed by atoms with Gasteiger partial charge in [0.1, 0.15) is 23.7 Å². The van der Waals surface area contributed by atoms with Gasteiger partial charge in [-0.2, -0.15) is 0 Å². The molecule has 0 bridgehead atoms. The van der Waals surface area contributed by atoms with Crippen molar-refractivity contribution in [1.29, 1.82) is 0 Å². The quantitative estimate of drug-likeness (QED) is 0.262. The van der Waals surface area contributed by atoms with Crippen LogP contribution in [0.15, 0.2) is 85.3 Å². The van der Waals surface area contributed by atoms with E-state index in [4.69, 9.17) is 4.74 Å². The van der Waals surface area contributed by atoms with Gasteiger partial charge in [-0.15, -0.1) is 0 Å². The van der Waals surface area contributed by atoms with Gasteiger partial charge in [-0.05, 0) is 47.0 Å². The molecule has 0 saturated heterocycles. The van der Waals surface area contributed by atoms with Crippen molar-refractivity contribution in [2.75, 3.05) is 19.5 Å². The van der Waals surface area contributed by atoms with Crippen molar-refractivity contribution in [2.45, 2.75) is 0 Å². The Morgan fingerprint density at radius 3 is 2.29 bits per heavy atom.